The van der Waals surface area contributed by atoms with Gasteiger partial charge in [-0.15, -0.1) is 0 Å². The third-order valence-corrected chi connectivity index (χ3v) is 5.32. The predicted octanol–water partition coefficient (Wildman–Crippen LogP) is 2.55. The SMILES string of the molecule is CC1CN(c2ccc(C(=O)N3CCCCC3CCC(=O)O)cn2)CC(C)O1. The van der Waals surface area contributed by atoms with E-state index < -0.39 is 5.97 Å². The second-order valence-electron chi connectivity index (χ2n) is 7.65. The number of rotatable bonds is 5. The van der Waals surface area contributed by atoms with Crippen LogP contribution in [-0.4, -0.2) is 64.8 Å². The second-order valence-corrected chi connectivity index (χ2v) is 7.65. The van der Waals surface area contributed by atoms with Crippen LogP contribution in [-0.2, 0) is 9.53 Å². The summed E-state index contributed by atoms with van der Waals surface area (Å²) in [6, 6.07) is 3.73. The quantitative estimate of drug-likeness (QED) is 0.852. The van der Waals surface area contributed by atoms with E-state index in [1.54, 1.807) is 6.20 Å². The zero-order chi connectivity index (χ0) is 19.4. The van der Waals surface area contributed by atoms with Crippen LogP contribution in [0.5, 0.6) is 0 Å². The zero-order valence-electron chi connectivity index (χ0n) is 16.1. The summed E-state index contributed by atoms with van der Waals surface area (Å²) >= 11 is 0. The smallest absolute Gasteiger partial charge is 0.303 e. The van der Waals surface area contributed by atoms with Crippen molar-refractivity contribution in [1.29, 1.82) is 0 Å². The Morgan fingerprint density at radius 2 is 1.96 bits per heavy atom. The van der Waals surface area contributed by atoms with E-state index in [0.717, 1.165) is 38.2 Å². The molecule has 2 fully saturated rings. The number of carboxylic acid groups (broad SMARTS) is 1. The van der Waals surface area contributed by atoms with Crippen LogP contribution in [0.4, 0.5) is 5.82 Å². The van der Waals surface area contributed by atoms with Crippen molar-refractivity contribution in [2.45, 2.75) is 64.2 Å². The van der Waals surface area contributed by atoms with Gasteiger partial charge >= 0.3 is 5.97 Å². The molecular weight excluding hydrogens is 346 g/mol. The Labute approximate surface area is 160 Å². The number of hydrogen-bond acceptors (Lipinski definition) is 5. The largest absolute Gasteiger partial charge is 0.481 e. The van der Waals surface area contributed by atoms with Crippen molar-refractivity contribution < 1.29 is 19.4 Å². The number of carboxylic acids is 1. The molecule has 27 heavy (non-hydrogen) atoms. The average molecular weight is 375 g/mol. The van der Waals surface area contributed by atoms with Crippen molar-refractivity contribution in [3.05, 3.63) is 23.9 Å². The number of amides is 1. The van der Waals surface area contributed by atoms with Gasteiger partial charge in [0, 0.05) is 38.3 Å². The molecule has 0 spiro atoms. The lowest BCUT2D eigenvalue weighted by atomic mass is 9.97. The molecule has 1 aromatic rings. The van der Waals surface area contributed by atoms with E-state index in [1.165, 1.54) is 0 Å². The lowest BCUT2D eigenvalue weighted by molar-refractivity contribution is -0.137. The van der Waals surface area contributed by atoms with Gasteiger partial charge in [0.1, 0.15) is 5.82 Å². The Morgan fingerprint density at radius 1 is 1.22 bits per heavy atom. The fourth-order valence-electron chi connectivity index (χ4n) is 4.09. The Balaban J connectivity index is 1.68. The average Bonchev–Trinajstić information content (AvgIpc) is 2.65. The third kappa shape index (κ3) is 4.97. The fraction of sp³-hybridized carbons (Fsp3) is 0.650. The van der Waals surface area contributed by atoms with E-state index in [4.69, 9.17) is 9.84 Å². The first-order valence-electron chi connectivity index (χ1n) is 9.83. The molecule has 2 saturated heterocycles. The van der Waals surface area contributed by atoms with Gasteiger partial charge in [0.15, 0.2) is 0 Å². The normalized spacial score (nSPS) is 26.1. The Kier molecular flexibility index (Phi) is 6.31. The van der Waals surface area contributed by atoms with E-state index in [1.807, 2.05) is 30.9 Å². The first-order chi connectivity index (χ1) is 12.9. The minimum Gasteiger partial charge on any atom is -0.481 e. The van der Waals surface area contributed by atoms with Crippen LogP contribution < -0.4 is 4.90 Å². The van der Waals surface area contributed by atoms with Gasteiger partial charge < -0.3 is 19.6 Å². The molecule has 7 nitrogen and oxygen atoms in total. The number of pyridine rings is 1. The number of piperidine rings is 1. The number of aliphatic carboxylic acids is 1. The number of ether oxygens (including phenoxy) is 1. The topological polar surface area (TPSA) is 83.0 Å². The Morgan fingerprint density at radius 3 is 2.59 bits per heavy atom. The highest BCUT2D eigenvalue weighted by atomic mass is 16.5. The number of hydrogen-bond donors (Lipinski definition) is 1. The number of carbonyl (C=O) groups is 2. The van der Waals surface area contributed by atoms with Crippen molar-refractivity contribution in [2.75, 3.05) is 24.5 Å². The molecule has 7 heteroatoms. The summed E-state index contributed by atoms with van der Waals surface area (Å²) in [5.74, 6) is -0.00423. The van der Waals surface area contributed by atoms with Crippen LogP contribution in [0.25, 0.3) is 0 Å². The molecule has 2 aliphatic rings. The summed E-state index contributed by atoms with van der Waals surface area (Å²) in [7, 11) is 0. The number of nitrogens with zero attached hydrogens (tertiary/aromatic N) is 3. The number of morpholine rings is 1. The number of likely N-dealkylation sites (tertiary alicyclic amines) is 1. The van der Waals surface area contributed by atoms with Crippen LogP contribution in [0.15, 0.2) is 18.3 Å². The summed E-state index contributed by atoms with van der Waals surface area (Å²) < 4.78 is 5.76. The molecular formula is C20H29N3O4. The molecule has 1 aromatic heterocycles. The van der Waals surface area contributed by atoms with Gasteiger partial charge in [-0.3, -0.25) is 9.59 Å². The first kappa shape index (κ1) is 19.6. The molecule has 3 atom stereocenters. The van der Waals surface area contributed by atoms with Gasteiger partial charge in [0.2, 0.25) is 0 Å². The zero-order valence-corrected chi connectivity index (χ0v) is 16.1. The summed E-state index contributed by atoms with van der Waals surface area (Å²) in [6.45, 7) is 6.35. The molecule has 3 rings (SSSR count). The Bertz CT molecular complexity index is 654. The molecule has 0 saturated carbocycles. The van der Waals surface area contributed by atoms with E-state index in [0.29, 0.717) is 18.5 Å². The maximum Gasteiger partial charge on any atom is 0.303 e. The van der Waals surface area contributed by atoms with Crippen LogP contribution in [0.2, 0.25) is 0 Å². The van der Waals surface area contributed by atoms with Crippen molar-refractivity contribution in [3.63, 3.8) is 0 Å². The van der Waals surface area contributed by atoms with Gasteiger partial charge in [-0.1, -0.05) is 0 Å². The maximum atomic E-state index is 13.0. The van der Waals surface area contributed by atoms with E-state index in [2.05, 4.69) is 9.88 Å². The standard InChI is InChI=1S/C20H29N3O4/c1-14-12-22(13-15(2)27-14)18-8-6-16(11-21-18)20(26)23-10-4-3-5-17(23)7-9-19(24)25/h6,8,11,14-15,17H,3-5,7,9-10,12-13H2,1-2H3,(H,24,25). The molecule has 2 aliphatic heterocycles. The summed E-state index contributed by atoms with van der Waals surface area (Å²) in [4.78, 5) is 32.4. The molecule has 0 radical (unpaired) electrons. The van der Waals surface area contributed by atoms with Crippen molar-refractivity contribution in [2.24, 2.45) is 0 Å². The maximum absolute atomic E-state index is 13.0. The van der Waals surface area contributed by atoms with Gasteiger partial charge in [-0.05, 0) is 51.7 Å². The highest BCUT2D eigenvalue weighted by Gasteiger charge is 2.28. The van der Waals surface area contributed by atoms with Crippen molar-refractivity contribution in [3.8, 4) is 0 Å². The van der Waals surface area contributed by atoms with Gasteiger partial charge in [0.25, 0.3) is 5.91 Å². The molecule has 1 N–H and O–H groups in total. The van der Waals surface area contributed by atoms with Crippen molar-refractivity contribution in [1.82, 2.24) is 9.88 Å². The fourth-order valence-corrected chi connectivity index (χ4v) is 4.09. The molecule has 0 bridgehead atoms. The number of anilines is 1. The van der Waals surface area contributed by atoms with Crippen LogP contribution >= 0.6 is 0 Å². The summed E-state index contributed by atoms with van der Waals surface area (Å²) in [5, 5.41) is 8.95. The molecule has 0 aliphatic carbocycles. The minimum atomic E-state index is -0.812. The predicted molar refractivity (Wildman–Crippen MR) is 102 cm³/mol. The van der Waals surface area contributed by atoms with Gasteiger partial charge in [-0.2, -0.15) is 0 Å². The van der Waals surface area contributed by atoms with E-state index in [-0.39, 0.29) is 30.6 Å². The first-order valence-corrected chi connectivity index (χ1v) is 9.83. The monoisotopic (exact) mass is 375 g/mol. The molecule has 0 aromatic carbocycles. The lowest BCUT2D eigenvalue weighted by Crippen LogP contribution is -2.46. The van der Waals surface area contributed by atoms with E-state index >= 15 is 0 Å². The highest BCUT2D eigenvalue weighted by Crippen LogP contribution is 2.24. The number of aromatic nitrogens is 1. The summed E-state index contributed by atoms with van der Waals surface area (Å²) in [5.41, 5.74) is 0.565. The highest BCUT2D eigenvalue weighted by molar-refractivity contribution is 5.94. The molecule has 3 unspecified atom stereocenters. The van der Waals surface area contributed by atoms with Crippen LogP contribution in [0.1, 0.15) is 56.3 Å². The molecule has 148 valence electrons. The third-order valence-electron chi connectivity index (χ3n) is 5.32. The summed E-state index contributed by atoms with van der Waals surface area (Å²) in [6.07, 6.45) is 5.43. The van der Waals surface area contributed by atoms with Crippen LogP contribution in [0, 0.1) is 0 Å². The van der Waals surface area contributed by atoms with Crippen LogP contribution in [0.3, 0.4) is 0 Å². The Hall–Kier alpha value is -2.15. The lowest BCUT2D eigenvalue weighted by Gasteiger charge is -2.36. The van der Waals surface area contributed by atoms with E-state index in [9.17, 15) is 9.59 Å². The second kappa shape index (κ2) is 8.69. The molecule has 1 amide bonds. The molecule has 3 heterocycles. The number of carbonyl (C=O) groups excluding carboxylic acids is 1. The van der Waals surface area contributed by atoms with Gasteiger partial charge in [-0.25, -0.2) is 4.98 Å². The van der Waals surface area contributed by atoms with Gasteiger partial charge in [0.05, 0.1) is 17.8 Å². The van der Waals surface area contributed by atoms with Crippen molar-refractivity contribution >= 4 is 17.7 Å². The minimum absolute atomic E-state index is 0.00275.